The van der Waals surface area contributed by atoms with Gasteiger partial charge >= 0.3 is 0 Å². The van der Waals surface area contributed by atoms with Gasteiger partial charge in [0.15, 0.2) is 5.78 Å². The zero-order valence-corrected chi connectivity index (χ0v) is 20.5. The maximum absolute atomic E-state index is 12.9. The number of carbonyl (C=O) groups excluding carboxylic acids is 1. The molecule has 0 spiro atoms. The number of rotatable bonds is 9. The molecule has 3 rings (SSSR count). The molecule has 1 atom stereocenters. The number of aromatic nitrogens is 2. The summed E-state index contributed by atoms with van der Waals surface area (Å²) in [6, 6.07) is 12.2. The number of sulfonamides is 1. The van der Waals surface area contributed by atoms with Crippen LogP contribution in [0.5, 0.6) is 0 Å². The molecular formula is C23H27N3O4S2. The molecule has 0 aliphatic carbocycles. The molecule has 7 nitrogen and oxygen atoms in total. The lowest BCUT2D eigenvalue weighted by Gasteiger charge is -2.18. The summed E-state index contributed by atoms with van der Waals surface area (Å²) in [5, 5.41) is 7.93. The monoisotopic (exact) mass is 473 g/mol. The zero-order chi connectivity index (χ0) is 23.5. The largest absolute Gasteiger partial charge is 0.411 e. The van der Waals surface area contributed by atoms with Gasteiger partial charge in [0.05, 0.1) is 10.1 Å². The van der Waals surface area contributed by atoms with E-state index in [9.17, 15) is 13.2 Å². The second-order valence-corrected chi connectivity index (χ2v) is 10.7. The molecule has 2 aromatic carbocycles. The third-order valence-electron chi connectivity index (χ3n) is 5.14. The Morgan fingerprint density at radius 1 is 1.09 bits per heavy atom. The highest BCUT2D eigenvalue weighted by molar-refractivity contribution is 8.00. The Morgan fingerprint density at radius 3 is 2.50 bits per heavy atom. The molecule has 0 aliphatic heterocycles. The van der Waals surface area contributed by atoms with Crippen molar-refractivity contribution in [2.24, 2.45) is 0 Å². The Balaban J connectivity index is 1.80. The highest BCUT2D eigenvalue weighted by Crippen LogP contribution is 2.29. The number of ketones is 1. The normalized spacial score (nSPS) is 12.8. The van der Waals surface area contributed by atoms with E-state index >= 15 is 0 Å². The van der Waals surface area contributed by atoms with E-state index in [1.165, 1.54) is 22.1 Å². The summed E-state index contributed by atoms with van der Waals surface area (Å²) in [5.74, 6) is 0.193. The van der Waals surface area contributed by atoms with Crippen LogP contribution >= 0.6 is 11.8 Å². The van der Waals surface area contributed by atoms with Crippen LogP contribution in [0.3, 0.4) is 0 Å². The summed E-state index contributed by atoms with van der Waals surface area (Å²) >= 11 is 1.18. The summed E-state index contributed by atoms with van der Waals surface area (Å²) in [6.45, 7) is 10.0. The third-order valence-corrected chi connectivity index (χ3v) is 8.12. The van der Waals surface area contributed by atoms with Crippen molar-refractivity contribution in [1.29, 1.82) is 0 Å². The Hall–Kier alpha value is -2.49. The molecule has 0 saturated heterocycles. The van der Waals surface area contributed by atoms with Crippen LogP contribution in [-0.4, -0.2) is 47.0 Å². The van der Waals surface area contributed by atoms with Crippen LogP contribution in [0.25, 0.3) is 11.5 Å². The summed E-state index contributed by atoms with van der Waals surface area (Å²) in [4.78, 5) is 13.1. The lowest BCUT2D eigenvalue weighted by molar-refractivity contribution is 0.0993. The van der Waals surface area contributed by atoms with Gasteiger partial charge in [-0.2, -0.15) is 4.31 Å². The molecule has 170 valence electrons. The smallest absolute Gasteiger partial charge is 0.277 e. The Kier molecular flexibility index (Phi) is 7.53. The zero-order valence-electron chi connectivity index (χ0n) is 18.8. The maximum Gasteiger partial charge on any atom is 0.277 e. The number of nitrogens with zero attached hydrogens (tertiary/aromatic N) is 3. The summed E-state index contributed by atoms with van der Waals surface area (Å²) < 4.78 is 32.7. The summed E-state index contributed by atoms with van der Waals surface area (Å²) in [6.07, 6.45) is 0. The molecule has 1 unspecified atom stereocenters. The van der Waals surface area contributed by atoms with Crippen LogP contribution in [0.1, 0.15) is 42.3 Å². The van der Waals surface area contributed by atoms with Crippen LogP contribution in [0.15, 0.2) is 57.0 Å². The molecule has 0 fully saturated rings. The Bertz CT molecular complexity index is 1220. The fraction of sp³-hybridized carbons (Fsp3) is 0.348. The standard InChI is InChI=1S/C23H27N3O4S2/c1-6-26(7-2)32(28,29)19-10-8-9-18(14-19)22-24-25-23(30-22)31-17(5)21(27)20-13-15(3)11-12-16(20)4/h8-14,17H,6-7H2,1-5H3. The fourth-order valence-corrected chi connectivity index (χ4v) is 5.56. The SMILES string of the molecule is CCN(CC)S(=O)(=O)c1cccc(-c2nnc(SC(C)C(=O)c3cc(C)ccc3C)o2)c1. The Morgan fingerprint density at radius 2 is 1.81 bits per heavy atom. The lowest BCUT2D eigenvalue weighted by Crippen LogP contribution is -2.30. The highest BCUT2D eigenvalue weighted by atomic mass is 32.2. The number of Topliss-reactive ketones (excluding diaryl/α,β-unsaturated/α-hetero) is 1. The van der Waals surface area contributed by atoms with Gasteiger partial charge in [0.1, 0.15) is 0 Å². The van der Waals surface area contributed by atoms with Gasteiger partial charge in [-0.1, -0.05) is 49.4 Å². The predicted octanol–water partition coefficient (Wildman–Crippen LogP) is 4.75. The van der Waals surface area contributed by atoms with E-state index in [1.807, 2.05) is 32.0 Å². The minimum absolute atomic E-state index is 0.0109. The van der Waals surface area contributed by atoms with Crippen LogP contribution < -0.4 is 0 Å². The molecule has 32 heavy (non-hydrogen) atoms. The number of benzene rings is 2. The van der Waals surface area contributed by atoms with Gasteiger partial charge in [0, 0.05) is 24.2 Å². The number of carbonyl (C=O) groups is 1. The first-order chi connectivity index (χ1) is 15.2. The third kappa shape index (κ3) is 5.11. The first-order valence-corrected chi connectivity index (χ1v) is 12.7. The molecular weight excluding hydrogens is 446 g/mol. The molecule has 9 heteroatoms. The van der Waals surface area contributed by atoms with Gasteiger partial charge in [0.25, 0.3) is 5.22 Å². The number of thioether (sulfide) groups is 1. The molecule has 0 aliphatic rings. The molecule has 0 bridgehead atoms. The molecule has 0 radical (unpaired) electrons. The molecule has 0 saturated carbocycles. The number of hydrogen-bond acceptors (Lipinski definition) is 7. The minimum Gasteiger partial charge on any atom is -0.411 e. The van der Waals surface area contributed by atoms with E-state index in [0.29, 0.717) is 24.2 Å². The topological polar surface area (TPSA) is 93.4 Å². The van der Waals surface area contributed by atoms with Crippen molar-refractivity contribution in [3.05, 3.63) is 59.2 Å². The molecule has 0 N–H and O–H groups in total. The van der Waals surface area contributed by atoms with Crippen LogP contribution in [-0.2, 0) is 10.0 Å². The second-order valence-electron chi connectivity index (χ2n) is 7.43. The van der Waals surface area contributed by atoms with Crippen molar-refractivity contribution in [3.8, 4) is 11.5 Å². The van der Waals surface area contributed by atoms with Crippen molar-refractivity contribution in [1.82, 2.24) is 14.5 Å². The van der Waals surface area contributed by atoms with Crippen molar-refractivity contribution in [2.45, 2.75) is 50.0 Å². The number of hydrogen-bond donors (Lipinski definition) is 0. The minimum atomic E-state index is -3.60. The maximum atomic E-state index is 12.9. The van der Waals surface area contributed by atoms with Crippen LogP contribution in [0.4, 0.5) is 0 Å². The van der Waals surface area contributed by atoms with Crippen molar-refractivity contribution < 1.29 is 17.6 Å². The van der Waals surface area contributed by atoms with Crippen LogP contribution in [0, 0.1) is 13.8 Å². The highest BCUT2D eigenvalue weighted by Gasteiger charge is 2.24. The summed E-state index contributed by atoms with van der Waals surface area (Å²) in [7, 11) is -3.60. The summed E-state index contributed by atoms with van der Waals surface area (Å²) in [5.41, 5.74) is 3.13. The molecule has 0 amide bonds. The average Bonchev–Trinajstić information content (AvgIpc) is 3.24. The van der Waals surface area contributed by atoms with Crippen molar-refractivity contribution in [2.75, 3.05) is 13.1 Å². The Labute approximate surface area is 193 Å². The van der Waals surface area contributed by atoms with Gasteiger partial charge in [-0.25, -0.2) is 8.42 Å². The van der Waals surface area contributed by atoms with E-state index in [2.05, 4.69) is 10.2 Å². The van der Waals surface area contributed by atoms with Crippen LogP contribution in [0.2, 0.25) is 0 Å². The van der Waals surface area contributed by atoms with E-state index in [0.717, 1.165) is 11.1 Å². The van der Waals surface area contributed by atoms with Gasteiger partial charge in [-0.05, 0) is 50.6 Å². The van der Waals surface area contributed by atoms with Gasteiger partial charge in [0.2, 0.25) is 15.9 Å². The number of aryl methyl sites for hydroxylation is 2. The van der Waals surface area contributed by atoms with Crippen molar-refractivity contribution in [3.63, 3.8) is 0 Å². The first kappa shape index (κ1) is 24.2. The van der Waals surface area contributed by atoms with Gasteiger partial charge in [-0.15, -0.1) is 10.2 Å². The lowest BCUT2D eigenvalue weighted by atomic mass is 10.0. The van der Waals surface area contributed by atoms with E-state index in [-0.39, 0.29) is 21.8 Å². The van der Waals surface area contributed by atoms with Gasteiger partial charge in [-0.3, -0.25) is 4.79 Å². The predicted molar refractivity (Wildman–Crippen MR) is 125 cm³/mol. The average molecular weight is 474 g/mol. The second kappa shape index (κ2) is 9.97. The van der Waals surface area contributed by atoms with Gasteiger partial charge < -0.3 is 4.42 Å². The van der Waals surface area contributed by atoms with E-state index < -0.39 is 15.3 Å². The quantitative estimate of drug-likeness (QED) is 0.327. The molecule has 1 heterocycles. The molecule has 3 aromatic rings. The first-order valence-electron chi connectivity index (χ1n) is 10.4. The van der Waals surface area contributed by atoms with E-state index in [1.54, 1.807) is 39.0 Å². The van der Waals surface area contributed by atoms with E-state index in [4.69, 9.17) is 4.42 Å². The van der Waals surface area contributed by atoms with Crippen molar-refractivity contribution >= 4 is 27.6 Å². The molecule has 1 aromatic heterocycles. The fourth-order valence-electron chi connectivity index (χ4n) is 3.30.